The number of halogens is 1. The third-order valence-electron chi connectivity index (χ3n) is 5.14. The van der Waals surface area contributed by atoms with Gasteiger partial charge in [0.25, 0.3) is 0 Å². The topological polar surface area (TPSA) is 32.8 Å². The van der Waals surface area contributed by atoms with E-state index in [1.165, 1.54) is 25.0 Å². The van der Waals surface area contributed by atoms with Gasteiger partial charge in [0.1, 0.15) is 5.82 Å². The van der Waals surface area contributed by atoms with Gasteiger partial charge < -0.3 is 9.64 Å². The Bertz CT molecular complexity index is 566. The van der Waals surface area contributed by atoms with Crippen molar-refractivity contribution in [3.8, 4) is 0 Å². The molecule has 2 aliphatic rings. The summed E-state index contributed by atoms with van der Waals surface area (Å²) >= 11 is 0. The number of methoxy groups -OCH3 is 1. The maximum Gasteiger partial charge on any atom is 0.224 e. The van der Waals surface area contributed by atoms with Crippen molar-refractivity contribution in [2.45, 2.75) is 37.8 Å². The number of amides is 1. The predicted octanol–water partition coefficient (Wildman–Crippen LogP) is 2.43. The Balaban J connectivity index is 1.72. The zero-order valence-electron chi connectivity index (χ0n) is 13.8. The summed E-state index contributed by atoms with van der Waals surface area (Å²) in [6, 6.07) is 6.53. The zero-order valence-corrected chi connectivity index (χ0v) is 13.8. The van der Waals surface area contributed by atoms with E-state index in [1.807, 2.05) is 11.0 Å². The molecule has 0 bridgehead atoms. The van der Waals surface area contributed by atoms with Gasteiger partial charge in [-0.3, -0.25) is 9.69 Å². The highest BCUT2D eigenvalue weighted by atomic mass is 19.1. The number of carbonyl (C=O) groups is 1. The second-order valence-electron chi connectivity index (χ2n) is 6.72. The Morgan fingerprint density at radius 2 is 2.22 bits per heavy atom. The Labute approximate surface area is 137 Å². The Hall–Kier alpha value is -1.46. The molecular formula is C18H25FN2O2. The molecule has 0 aromatic heterocycles. The predicted molar refractivity (Wildman–Crippen MR) is 86.5 cm³/mol. The Kier molecular flexibility index (Phi) is 4.97. The first-order valence-electron chi connectivity index (χ1n) is 8.39. The van der Waals surface area contributed by atoms with Gasteiger partial charge in [-0.25, -0.2) is 4.39 Å². The van der Waals surface area contributed by atoms with Crippen molar-refractivity contribution in [2.24, 2.45) is 0 Å². The van der Waals surface area contributed by atoms with E-state index >= 15 is 0 Å². The lowest BCUT2D eigenvalue weighted by Crippen LogP contribution is -2.54. The zero-order chi connectivity index (χ0) is 16.3. The largest absolute Gasteiger partial charge is 0.383 e. The summed E-state index contributed by atoms with van der Waals surface area (Å²) in [6.45, 7) is 3.84. The number of piperidine rings is 1. The molecule has 2 aliphatic heterocycles. The van der Waals surface area contributed by atoms with Crippen molar-refractivity contribution in [1.82, 2.24) is 9.80 Å². The van der Waals surface area contributed by atoms with Crippen LogP contribution in [0, 0.1) is 5.82 Å². The van der Waals surface area contributed by atoms with E-state index < -0.39 is 0 Å². The van der Waals surface area contributed by atoms with E-state index in [-0.39, 0.29) is 17.3 Å². The highest BCUT2D eigenvalue weighted by molar-refractivity contribution is 5.80. The number of rotatable bonds is 5. The highest BCUT2D eigenvalue weighted by Gasteiger charge is 2.47. The van der Waals surface area contributed by atoms with E-state index in [2.05, 4.69) is 4.90 Å². The van der Waals surface area contributed by atoms with Gasteiger partial charge in [-0.1, -0.05) is 18.6 Å². The highest BCUT2D eigenvalue weighted by Crippen LogP contribution is 2.37. The van der Waals surface area contributed by atoms with Crippen molar-refractivity contribution < 1.29 is 13.9 Å². The molecule has 2 fully saturated rings. The minimum atomic E-state index is -0.247. The molecule has 0 saturated carbocycles. The standard InChI is InChI=1S/C18H25FN2O2/c1-23-10-9-21-8-3-2-7-18(21)12-17(22)20(14-18)13-15-5-4-6-16(19)11-15/h4-6,11H,2-3,7-10,12-14H2,1H3. The normalized spacial score (nSPS) is 25.5. The van der Waals surface area contributed by atoms with Crippen LogP contribution in [-0.2, 0) is 16.1 Å². The molecule has 1 spiro atoms. The molecular weight excluding hydrogens is 295 g/mol. The first-order valence-corrected chi connectivity index (χ1v) is 8.39. The summed E-state index contributed by atoms with van der Waals surface area (Å²) in [7, 11) is 1.71. The van der Waals surface area contributed by atoms with E-state index in [0.717, 1.165) is 31.6 Å². The molecule has 23 heavy (non-hydrogen) atoms. The molecule has 0 aliphatic carbocycles. The minimum absolute atomic E-state index is 0.0544. The second kappa shape index (κ2) is 6.97. The van der Waals surface area contributed by atoms with Crippen molar-refractivity contribution >= 4 is 5.91 Å². The molecule has 4 nitrogen and oxygen atoms in total. The van der Waals surface area contributed by atoms with E-state index in [0.29, 0.717) is 19.6 Å². The van der Waals surface area contributed by atoms with Gasteiger partial charge in [0.05, 0.1) is 6.61 Å². The summed E-state index contributed by atoms with van der Waals surface area (Å²) < 4.78 is 18.6. The molecule has 1 atom stereocenters. The van der Waals surface area contributed by atoms with Crippen LogP contribution in [0.4, 0.5) is 4.39 Å². The van der Waals surface area contributed by atoms with Crippen LogP contribution in [0.1, 0.15) is 31.2 Å². The van der Waals surface area contributed by atoms with Crippen molar-refractivity contribution in [3.63, 3.8) is 0 Å². The third kappa shape index (κ3) is 3.56. The van der Waals surface area contributed by atoms with Gasteiger partial charge in [-0.2, -0.15) is 0 Å². The lowest BCUT2D eigenvalue weighted by molar-refractivity contribution is -0.128. The monoisotopic (exact) mass is 320 g/mol. The summed E-state index contributed by atoms with van der Waals surface area (Å²) in [6.07, 6.45) is 3.99. The van der Waals surface area contributed by atoms with Crippen molar-refractivity contribution in [1.29, 1.82) is 0 Å². The summed E-state index contributed by atoms with van der Waals surface area (Å²) in [5.74, 6) is -0.0678. The van der Waals surface area contributed by atoms with Crippen LogP contribution in [-0.4, -0.2) is 54.6 Å². The maximum absolute atomic E-state index is 13.4. The van der Waals surface area contributed by atoms with E-state index in [9.17, 15) is 9.18 Å². The van der Waals surface area contributed by atoms with Gasteiger partial charge in [0.2, 0.25) is 5.91 Å². The van der Waals surface area contributed by atoms with Crippen molar-refractivity contribution in [3.05, 3.63) is 35.6 Å². The summed E-state index contributed by atoms with van der Waals surface area (Å²) in [5.41, 5.74) is 0.802. The average molecular weight is 320 g/mol. The quantitative estimate of drug-likeness (QED) is 0.835. The first kappa shape index (κ1) is 16.4. The Morgan fingerprint density at radius 1 is 1.35 bits per heavy atom. The number of nitrogens with zero attached hydrogens (tertiary/aromatic N) is 2. The molecule has 3 rings (SSSR count). The second-order valence-corrected chi connectivity index (χ2v) is 6.72. The van der Waals surface area contributed by atoms with E-state index in [1.54, 1.807) is 13.2 Å². The van der Waals surface area contributed by atoms with Crippen LogP contribution >= 0.6 is 0 Å². The third-order valence-corrected chi connectivity index (χ3v) is 5.14. The maximum atomic E-state index is 13.4. The van der Waals surface area contributed by atoms with Crippen LogP contribution in [0.15, 0.2) is 24.3 Å². The van der Waals surface area contributed by atoms with E-state index in [4.69, 9.17) is 4.74 Å². The molecule has 0 radical (unpaired) electrons. The fourth-order valence-electron chi connectivity index (χ4n) is 3.97. The molecule has 1 amide bonds. The van der Waals surface area contributed by atoms with Crippen LogP contribution in [0.25, 0.3) is 0 Å². The van der Waals surface area contributed by atoms with Crippen LogP contribution < -0.4 is 0 Å². The number of likely N-dealkylation sites (tertiary alicyclic amines) is 2. The van der Waals surface area contributed by atoms with Gasteiger partial charge in [0.15, 0.2) is 0 Å². The minimum Gasteiger partial charge on any atom is -0.383 e. The summed E-state index contributed by atoms with van der Waals surface area (Å²) in [4.78, 5) is 16.9. The average Bonchev–Trinajstić information content (AvgIpc) is 2.83. The van der Waals surface area contributed by atoms with Crippen LogP contribution in [0.5, 0.6) is 0 Å². The van der Waals surface area contributed by atoms with Gasteiger partial charge in [-0.05, 0) is 37.1 Å². The lowest BCUT2D eigenvalue weighted by atomic mass is 9.85. The number of benzene rings is 1. The van der Waals surface area contributed by atoms with Crippen LogP contribution in [0.2, 0.25) is 0 Å². The van der Waals surface area contributed by atoms with Gasteiger partial charge >= 0.3 is 0 Å². The molecule has 1 aromatic carbocycles. The number of hydrogen-bond acceptors (Lipinski definition) is 3. The van der Waals surface area contributed by atoms with Gasteiger partial charge in [0, 0.05) is 38.7 Å². The number of ether oxygens (including phenoxy) is 1. The molecule has 2 heterocycles. The molecule has 2 saturated heterocycles. The molecule has 1 unspecified atom stereocenters. The molecule has 1 aromatic rings. The molecule has 5 heteroatoms. The fourth-order valence-corrected chi connectivity index (χ4v) is 3.97. The Morgan fingerprint density at radius 3 is 3.00 bits per heavy atom. The summed E-state index contributed by atoms with van der Waals surface area (Å²) in [5, 5.41) is 0. The number of hydrogen-bond donors (Lipinski definition) is 0. The van der Waals surface area contributed by atoms with Crippen molar-refractivity contribution in [2.75, 3.05) is 33.4 Å². The number of carbonyl (C=O) groups excluding carboxylic acids is 1. The van der Waals surface area contributed by atoms with Crippen LogP contribution in [0.3, 0.4) is 0 Å². The SMILES string of the molecule is COCCN1CCCCC12CC(=O)N(Cc1cccc(F)c1)C2. The van der Waals surface area contributed by atoms with Gasteiger partial charge in [-0.15, -0.1) is 0 Å². The first-order chi connectivity index (χ1) is 11.1. The lowest BCUT2D eigenvalue weighted by Gasteiger charge is -2.44. The smallest absolute Gasteiger partial charge is 0.224 e. The molecule has 126 valence electrons. The molecule has 0 N–H and O–H groups in total. The fraction of sp³-hybridized carbons (Fsp3) is 0.611.